The van der Waals surface area contributed by atoms with E-state index < -0.39 is 5.82 Å². The van der Waals surface area contributed by atoms with Gasteiger partial charge in [-0.1, -0.05) is 0 Å². The molecule has 0 aliphatic rings. The van der Waals surface area contributed by atoms with E-state index in [-0.39, 0.29) is 17.2 Å². The highest BCUT2D eigenvalue weighted by Crippen LogP contribution is 2.25. The minimum absolute atomic E-state index is 0.164. The second kappa shape index (κ2) is 4.93. The van der Waals surface area contributed by atoms with Crippen LogP contribution in [0.5, 0.6) is 5.75 Å². The normalized spacial score (nSPS) is 10.0. The lowest BCUT2D eigenvalue weighted by molar-refractivity contribution is 0.102. The molecule has 1 aromatic carbocycles. The van der Waals surface area contributed by atoms with E-state index in [1.54, 1.807) is 0 Å². The zero-order valence-corrected chi connectivity index (χ0v) is 10.2. The summed E-state index contributed by atoms with van der Waals surface area (Å²) in [6, 6.07) is 2.64. The van der Waals surface area contributed by atoms with Gasteiger partial charge >= 0.3 is 0 Å². The first-order chi connectivity index (χ1) is 6.60. The molecule has 0 bridgehead atoms. The summed E-state index contributed by atoms with van der Waals surface area (Å²) in [4.78, 5) is 11.2. The molecule has 5 heteroatoms. The summed E-state index contributed by atoms with van der Waals surface area (Å²) in [5, 5.41) is 0. The SMILES string of the molecule is COc1cc(C(=O)CCl)cc(F)c1I. The lowest BCUT2D eigenvalue weighted by Crippen LogP contribution is -2.03. The van der Waals surface area contributed by atoms with Crippen LogP contribution in [0.2, 0.25) is 0 Å². The highest BCUT2D eigenvalue weighted by Gasteiger charge is 2.12. The summed E-state index contributed by atoms with van der Waals surface area (Å²) < 4.78 is 18.5. The van der Waals surface area contributed by atoms with E-state index in [0.717, 1.165) is 6.07 Å². The summed E-state index contributed by atoms with van der Waals surface area (Å²) >= 11 is 7.17. The third kappa shape index (κ3) is 2.36. The predicted molar refractivity (Wildman–Crippen MR) is 60.7 cm³/mol. The highest BCUT2D eigenvalue weighted by molar-refractivity contribution is 14.1. The molecule has 76 valence electrons. The third-order valence-electron chi connectivity index (χ3n) is 1.66. The van der Waals surface area contributed by atoms with Crippen molar-refractivity contribution in [3.8, 4) is 5.75 Å². The maximum Gasteiger partial charge on any atom is 0.177 e. The molecule has 0 aliphatic heterocycles. The van der Waals surface area contributed by atoms with Crippen LogP contribution in [-0.4, -0.2) is 18.8 Å². The average Bonchev–Trinajstić information content (AvgIpc) is 2.20. The number of ketones is 1. The van der Waals surface area contributed by atoms with Gasteiger partial charge in [-0.2, -0.15) is 0 Å². The summed E-state index contributed by atoms with van der Waals surface area (Å²) in [6.45, 7) is 0. The van der Waals surface area contributed by atoms with Crippen LogP contribution in [0.1, 0.15) is 10.4 Å². The molecule has 0 atom stereocenters. The van der Waals surface area contributed by atoms with Crippen LogP contribution in [0.25, 0.3) is 0 Å². The standard InChI is InChI=1S/C9H7ClFIO2/c1-14-8-3-5(7(13)4-10)2-6(11)9(8)12/h2-3H,4H2,1H3. The van der Waals surface area contributed by atoms with E-state index in [0.29, 0.717) is 9.32 Å². The van der Waals surface area contributed by atoms with Crippen molar-refractivity contribution in [2.75, 3.05) is 13.0 Å². The fourth-order valence-corrected chi connectivity index (χ4v) is 1.64. The summed E-state index contributed by atoms with van der Waals surface area (Å²) in [5.41, 5.74) is 0.231. The first kappa shape index (κ1) is 11.7. The molecule has 0 unspecified atom stereocenters. The number of hydrogen-bond acceptors (Lipinski definition) is 2. The van der Waals surface area contributed by atoms with Crippen molar-refractivity contribution in [3.05, 3.63) is 27.1 Å². The summed E-state index contributed by atoms with van der Waals surface area (Å²) in [6.07, 6.45) is 0. The number of rotatable bonds is 3. The highest BCUT2D eigenvalue weighted by atomic mass is 127. The number of carbonyl (C=O) groups excluding carboxylic acids is 1. The van der Waals surface area contributed by atoms with E-state index in [4.69, 9.17) is 16.3 Å². The van der Waals surface area contributed by atoms with E-state index in [2.05, 4.69) is 0 Å². The number of alkyl halides is 1. The van der Waals surface area contributed by atoms with Crippen LogP contribution >= 0.6 is 34.2 Å². The van der Waals surface area contributed by atoms with Crippen molar-refractivity contribution in [2.45, 2.75) is 0 Å². The number of benzene rings is 1. The van der Waals surface area contributed by atoms with Gasteiger partial charge in [0, 0.05) is 5.56 Å². The third-order valence-corrected chi connectivity index (χ3v) is 2.95. The quantitative estimate of drug-likeness (QED) is 0.484. The molecule has 0 N–H and O–H groups in total. The molecule has 0 saturated carbocycles. The topological polar surface area (TPSA) is 26.3 Å². The van der Waals surface area contributed by atoms with Gasteiger partial charge in [0.1, 0.15) is 11.6 Å². The minimum Gasteiger partial charge on any atom is -0.496 e. The van der Waals surface area contributed by atoms with Crippen molar-refractivity contribution < 1.29 is 13.9 Å². The first-order valence-corrected chi connectivity index (χ1v) is 5.33. The van der Waals surface area contributed by atoms with Gasteiger partial charge < -0.3 is 4.74 Å². The average molecular weight is 329 g/mol. The molecule has 0 fully saturated rings. The Bertz CT molecular complexity index is 368. The smallest absolute Gasteiger partial charge is 0.177 e. The Hall–Kier alpha value is -0.360. The molecule has 0 radical (unpaired) electrons. The molecule has 0 saturated heterocycles. The van der Waals surface area contributed by atoms with Crippen molar-refractivity contribution in [1.29, 1.82) is 0 Å². The fraction of sp³-hybridized carbons (Fsp3) is 0.222. The Morgan fingerprint density at radius 3 is 2.79 bits per heavy atom. The second-order valence-electron chi connectivity index (χ2n) is 2.53. The Kier molecular flexibility index (Phi) is 4.12. The van der Waals surface area contributed by atoms with E-state index >= 15 is 0 Å². The van der Waals surface area contributed by atoms with E-state index in [1.807, 2.05) is 22.6 Å². The first-order valence-electron chi connectivity index (χ1n) is 3.72. The maximum atomic E-state index is 13.2. The van der Waals surface area contributed by atoms with E-state index in [1.165, 1.54) is 13.2 Å². The van der Waals surface area contributed by atoms with Gasteiger partial charge in [-0.3, -0.25) is 4.79 Å². The largest absolute Gasteiger partial charge is 0.496 e. The number of halogens is 3. The molecule has 1 aromatic rings. The molecule has 1 rings (SSSR count). The van der Waals surface area contributed by atoms with Gasteiger partial charge in [0.15, 0.2) is 5.78 Å². The number of Topliss-reactive ketones (excluding diaryl/α,β-unsaturated/α-hetero) is 1. The Labute approximate surface area is 99.5 Å². The Morgan fingerprint density at radius 1 is 1.64 bits per heavy atom. The molecular formula is C9H7ClFIO2. The molecular weight excluding hydrogens is 321 g/mol. The number of ether oxygens (including phenoxy) is 1. The van der Waals surface area contributed by atoms with Gasteiger partial charge in [0.05, 0.1) is 16.6 Å². The maximum absolute atomic E-state index is 13.2. The minimum atomic E-state index is -0.474. The Morgan fingerprint density at radius 2 is 2.29 bits per heavy atom. The van der Waals surface area contributed by atoms with Crippen molar-refractivity contribution in [2.24, 2.45) is 0 Å². The van der Waals surface area contributed by atoms with Crippen LogP contribution in [0, 0.1) is 9.39 Å². The van der Waals surface area contributed by atoms with Crippen molar-refractivity contribution >= 4 is 40.0 Å². The lowest BCUT2D eigenvalue weighted by Gasteiger charge is -2.06. The number of hydrogen-bond donors (Lipinski definition) is 0. The zero-order chi connectivity index (χ0) is 10.7. The monoisotopic (exact) mass is 328 g/mol. The summed E-state index contributed by atoms with van der Waals surface area (Å²) in [5.74, 6) is -0.610. The lowest BCUT2D eigenvalue weighted by atomic mass is 10.1. The summed E-state index contributed by atoms with van der Waals surface area (Å²) in [7, 11) is 1.42. The van der Waals surface area contributed by atoms with Gasteiger partial charge in [0.2, 0.25) is 0 Å². The van der Waals surface area contributed by atoms with Crippen molar-refractivity contribution in [1.82, 2.24) is 0 Å². The van der Waals surface area contributed by atoms with Gasteiger partial charge in [-0.15, -0.1) is 11.6 Å². The van der Waals surface area contributed by atoms with Crippen LogP contribution in [0.4, 0.5) is 4.39 Å². The molecule has 0 heterocycles. The number of methoxy groups -OCH3 is 1. The molecule has 2 nitrogen and oxygen atoms in total. The van der Waals surface area contributed by atoms with Crippen molar-refractivity contribution in [3.63, 3.8) is 0 Å². The van der Waals surface area contributed by atoms with Crippen LogP contribution < -0.4 is 4.74 Å². The fourth-order valence-electron chi connectivity index (χ4n) is 0.951. The Balaban J connectivity index is 3.22. The van der Waals surface area contributed by atoms with Gasteiger partial charge in [0.25, 0.3) is 0 Å². The van der Waals surface area contributed by atoms with Gasteiger partial charge in [-0.05, 0) is 34.7 Å². The molecule has 0 aliphatic carbocycles. The molecule has 0 aromatic heterocycles. The molecule has 14 heavy (non-hydrogen) atoms. The molecule has 0 amide bonds. The predicted octanol–water partition coefficient (Wildman–Crippen LogP) is 2.86. The van der Waals surface area contributed by atoms with Crippen LogP contribution in [0.3, 0.4) is 0 Å². The number of carbonyl (C=O) groups is 1. The van der Waals surface area contributed by atoms with Crippen LogP contribution in [-0.2, 0) is 0 Å². The second-order valence-corrected chi connectivity index (χ2v) is 3.88. The zero-order valence-electron chi connectivity index (χ0n) is 7.31. The van der Waals surface area contributed by atoms with E-state index in [9.17, 15) is 9.18 Å². The molecule has 0 spiro atoms. The van der Waals surface area contributed by atoms with Gasteiger partial charge in [-0.25, -0.2) is 4.39 Å². The van der Waals surface area contributed by atoms with Crippen LogP contribution in [0.15, 0.2) is 12.1 Å².